The molecule has 0 unspecified atom stereocenters. The lowest BCUT2D eigenvalue weighted by Crippen LogP contribution is -2.04. The van der Waals surface area contributed by atoms with Crippen LogP contribution in [0.25, 0.3) is 5.57 Å². The van der Waals surface area contributed by atoms with Gasteiger partial charge in [-0.05, 0) is 59.4 Å². The van der Waals surface area contributed by atoms with Crippen LogP contribution in [0.15, 0.2) is 46.9 Å². The number of phenolic OH excluding ortho intramolecular Hbond substituents is 1. The summed E-state index contributed by atoms with van der Waals surface area (Å²) in [6, 6.07) is 13.5. The highest BCUT2D eigenvalue weighted by Gasteiger charge is 2.19. The van der Waals surface area contributed by atoms with Crippen LogP contribution in [0.5, 0.6) is 11.5 Å². The Kier molecular flexibility index (Phi) is 3.53. The fourth-order valence-corrected chi connectivity index (χ4v) is 3.24. The number of aryl methyl sites for hydroxylation is 1. The van der Waals surface area contributed by atoms with Crippen molar-refractivity contribution in [2.45, 2.75) is 12.8 Å². The van der Waals surface area contributed by atoms with Crippen LogP contribution in [0.2, 0.25) is 0 Å². The molecule has 0 spiro atoms. The summed E-state index contributed by atoms with van der Waals surface area (Å²) in [4.78, 5) is 0. The third kappa shape index (κ3) is 2.34. The summed E-state index contributed by atoms with van der Waals surface area (Å²) in [6.45, 7) is 0. The molecular weight excluding hydrogens is 316 g/mol. The first-order chi connectivity index (χ1) is 9.69. The predicted molar refractivity (Wildman–Crippen MR) is 84.4 cm³/mol. The number of allylic oxidation sites excluding steroid dienone is 1. The molecule has 0 saturated heterocycles. The van der Waals surface area contributed by atoms with Gasteiger partial charge in [-0.25, -0.2) is 0 Å². The number of aromatic hydroxyl groups is 1. The number of phenols is 1. The van der Waals surface area contributed by atoms with Gasteiger partial charge < -0.3 is 9.84 Å². The molecule has 2 aromatic carbocycles. The molecule has 0 heterocycles. The number of methoxy groups -OCH3 is 1. The van der Waals surface area contributed by atoms with E-state index in [1.165, 1.54) is 21.2 Å². The first-order valence-corrected chi connectivity index (χ1v) is 7.33. The molecule has 3 rings (SSSR count). The molecular formula is C17H15BrO2. The third-order valence-corrected chi connectivity index (χ3v) is 4.42. The largest absolute Gasteiger partial charge is 0.508 e. The van der Waals surface area contributed by atoms with Crippen LogP contribution in [0.3, 0.4) is 0 Å². The summed E-state index contributed by atoms with van der Waals surface area (Å²) in [5.74, 6) is 1.18. The van der Waals surface area contributed by atoms with Gasteiger partial charge in [0, 0.05) is 4.48 Å². The molecule has 0 atom stereocenters. The highest BCUT2D eigenvalue weighted by Crippen LogP contribution is 2.40. The summed E-state index contributed by atoms with van der Waals surface area (Å²) in [6.07, 6.45) is 1.99. The predicted octanol–water partition coefficient (Wildman–Crippen LogP) is 4.50. The molecule has 0 amide bonds. The third-order valence-electron chi connectivity index (χ3n) is 3.62. The maximum absolute atomic E-state index is 9.44. The SMILES string of the molecule is COc1ccc2c(c1)CCC(Br)=C2c1ccc(O)cc1. The van der Waals surface area contributed by atoms with E-state index in [2.05, 4.69) is 28.1 Å². The van der Waals surface area contributed by atoms with Gasteiger partial charge in [0.2, 0.25) is 0 Å². The van der Waals surface area contributed by atoms with E-state index in [9.17, 15) is 5.11 Å². The first kappa shape index (κ1) is 13.3. The Balaban J connectivity index is 2.13. The van der Waals surface area contributed by atoms with Gasteiger partial charge in [-0.3, -0.25) is 0 Å². The van der Waals surface area contributed by atoms with Crippen molar-refractivity contribution in [2.24, 2.45) is 0 Å². The molecule has 0 radical (unpaired) electrons. The quantitative estimate of drug-likeness (QED) is 0.878. The molecule has 3 heteroatoms. The average molecular weight is 331 g/mol. The van der Waals surface area contributed by atoms with Gasteiger partial charge in [-0.2, -0.15) is 0 Å². The smallest absolute Gasteiger partial charge is 0.119 e. The number of hydrogen-bond donors (Lipinski definition) is 1. The Morgan fingerprint density at radius 2 is 1.80 bits per heavy atom. The monoisotopic (exact) mass is 330 g/mol. The van der Waals surface area contributed by atoms with Crippen LogP contribution >= 0.6 is 15.9 Å². The summed E-state index contributed by atoms with van der Waals surface area (Å²) in [5.41, 5.74) is 4.85. The molecule has 0 bridgehead atoms. The van der Waals surface area contributed by atoms with Crippen LogP contribution in [-0.2, 0) is 6.42 Å². The van der Waals surface area contributed by atoms with Gasteiger partial charge in [0.1, 0.15) is 11.5 Å². The van der Waals surface area contributed by atoms with Crippen LogP contribution < -0.4 is 4.74 Å². The van der Waals surface area contributed by atoms with Crippen molar-refractivity contribution in [1.82, 2.24) is 0 Å². The minimum Gasteiger partial charge on any atom is -0.508 e. The second kappa shape index (κ2) is 5.33. The van der Waals surface area contributed by atoms with E-state index < -0.39 is 0 Å². The van der Waals surface area contributed by atoms with Crippen molar-refractivity contribution in [3.05, 3.63) is 63.6 Å². The maximum atomic E-state index is 9.44. The lowest BCUT2D eigenvalue weighted by molar-refractivity contribution is 0.414. The van der Waals surface area contributed by atoms with E-state index in [1.54, 1.807) is 19.2 Å². The number of fused-ring (bicyclic) bond motifs is 1. The number of ether oxygens (including phenoxy) is 1. The van der Waals surface area contributed by atoms with Gasteiger partial charge in [0.15, 0.2) is 0 Å². The molecule has 0 fully saturated rings. The number of rotatable bonds is 2. The molecule has 1 aliphatic carbocycles. The fraction of sp³-hybridized carbons (Fsp3) is 0.176. The summed E-state index contributed by atoms with van der Waals surface area (Å²) in [5, 5.41) is 9.44. The van der Waals surface area contributed by atoms with E-state index in [0.29, 0.717) is 0 Å². The van der Waals surface area contributed by atoms with E-state index in [1.807, 2.05) is 18.2 Å². The molecule has 0 aromatic heterocycles. The Morgan fingerprint density at radius 1 is 1.05 bits per heavy atom. The second-order valence-electron chi connectivity index (χ2n) is 4.85. The Morgan fingerprint density at radius 3 is 2.50 bits per heavy atom. The van der Waals surface area contributed by atoms with Gasteiger partial charge in [-0.15, -0.1) is 0 Å². The summed E-state index contributed by atoms with van der Waals surface area (Å²) >= 11 is 3.70. The van der Waals surface area contributed by atoms with Crippen molar-refractivity contribution in [3.63, 3.8) is 0 Å². The fourth-order valence-electron chi connectivity index (χ4n) is 2.60. The normalized spacial score (nSPS) is 14.1. The number of hydrogen-bond acceptors (Lipinski definition) is 2. The lowest BCUT2D eigenvalue weighted by Gasteiger charge is -2.21. The average Bonchev–Trinajstić information content (AvgIpc) is 2.48. The summed E-state index contributed by atoms with van der Waals surface area (Å²) in [7, 11) is 1.69. The van der Waals surface area contributed by atoms with Gasteiger partial charge in [0.25, 0.3) is 0 Å². The van der Waals surface area contributed by atoms with Gasteiger partial charge in [0.05, 0.1) is 7.11 Å². The molecule has 2 aromatic rings. The zero-order chi connectivity index (χ0) is 14.1. The Hall–Kier alpha value is -1.74. The van der Waals surface area contributed by atoms with Crippen LogP contribution in [0, 0.1) is 0 Å². The highest BCUT2D eigenvalue weighted by atomic mass is 79.9. The zero-order valence-electron chi connectivity index (χ0n) is 11.2. The van der Waals surface area contributed by atoms with Crippen LogP contribution in [0.1, 0.15) is 23.1 Å². The highest BCUT2D eigenvalue weighted by molar-refractivity contribution is 9.11. The van der Waals surface area contributed by atoms with Crippen molar-refractivity contribution < 1.29 is 9.84 Å². The molecule has 2 nitrogen and oxygen atoms in total. The Labute approximate surface area is 126 Å². The number of halogens is 1. The second-order valence-corrected chi connectivity index (χ2v) is 5.81. The van der Waals surface area contributed by atoms with Crippen LogP contribution in [0.4, 0.5) is 0 Å². The van der Waals surface area contributed by atoms with Gasteiger partial charge in [-0.1, -0.05) is 34.1 Å². The van der Waals surface area contributed by atoms with Crippen molar-refractivity contribution in [1.29, 1.82) is 0 Å². The molecule has 20 heavy (non-hydrogen) atoms. The van der Waals surface area contributed by atoms with E-state index >= 15 is 0 Å². The topological polar surface area (TPSA) is 29.5 Å². The molecule has 102 valence electrons. The Bertz CT molecular complexity index is 672. The minimum absolute atomic E-state index is 0.288. The first-order valence-electron chi connectivity index (χ1n) is 6.54. The molecule has 0 aliphatic heterocycles. The lowest BCUT2D eigenvalue weighted by atomic mass is 9.87. The standard InChI is InChI=1S/C17H15BrO2/c1-20-14-7-8-15-12(10-14)4-9-16(18)17(15)11-2-5-13(19)6-3-11/h2-3,5-8,10,19H,4,9H2,1H3. The van der Waals surface area contributed by atoms with Crippen LogP contribution in [-0.4, -0.2) is 12.2 Å². The van der Waals surface area contributed by atoms with Gasteiger partial charge >= 0.3 is 0 Å². The zero-order valence-corrected chi connectivity index (χ0v) is 12.8. The summed E-state index contributed by atoms with van der Waals surface area (Å²) < 4.78 is 6.51. The van der Waals surface area contributed by atoms with E-state index in [-0.39, 0.29) is 5.75 Å². The molecule has 1 N–H and O–H groups in total. The minimum atomic E-state index is 0.288. The molecule has 0 saturated carbocycles. The van der Waals surface area contributed by atoms with Crippen molar-refractivity contribution in [2.75, 3.05) is 7.11 Å². The number of benzene rings is 2. The molecule has 1 aliphatic rings. The van der Waals surface area contributed by atoms with Crippen molar-refractivity contribution >= 4 is 21.5 Å². The van der Waals surface area contributed by atoms with Crippen molar-refractivity contribution in [3.8, 4) is 11.5 Å². The van der Waals surface area contributed by atoms with E-state index in [4.69, 9.17) is 4.74 Å². The van der Waals surface area contributed by atoms with E-state index in [0.717, 1.165) is 24.2 Å². The maximum Gasteiger partial charge on any atom is 0.119 e.